The molecule has 2 atom stereocenters. The van der Waals surface area contributed by atoms with Crippen LogP contribution in [0.3, 0.4) is 0 Å². The maximum absolute atomic E-state index is 13.1. The number of carbonyl (C=O) groups is 2. The van der Waals surface area contributed by atoms with Crippen molar-refractivity contribution in [1.29, 1.82) is 0 Å². The number of hydrogen-bond donors (Lipinski definition) is 0. The molecule has 164 valence electrons. The fourth-order valence-corrected chi connectivity index (χ4v) is 5.47. The lowest BCUT2D eigenvalue weighted by Crippen LogP contribution is -2.56. The third kappa shape index (κ3) is 5.18. The topological polar surface area (TPSA) is 49.9 Å². The van der Waals surface area contributed by atoms with Crippen LogP contribution >= 0.6 is 11.3 Å². The molecule has 0 saturated carbocycles. The summed E-state index contributed by atoms with van der Waals surface area (Å²) in [5, 5.41) is 2.01. The lowest BCUT2D eigenvalue weighted by atomic mass is 9.83. The summed E-state index contributed by atoms with van der Waals surface area (Å²) < 4.78 is 5.42. The lowest BCUT2D eigenvalue weighted by Gasteiger charge is -2.47. The van der Waals surface area contributed by atoms with Crippen molar-refractivity contribution in [2.24, 2.45) is 5.92 Å². The Morgan fingerprint density at radius 1 is 1.16 bits per heavy atom. The molecule has 2 aliphatic heterocycles. The average molecular weight is 439 g/mol. The second-order valence-electron chi connectivity index (χ2n) is 8.29. The van der Waals surface area contributed by atoms with Gasteiger partial charge in [-0.2, -0.15) is 0 Å². The Labute approximate surface area is 188 Å². The fraction of sp³-hybridized carbons (Fsp3) is 0.440. The number of aryl methyl sites for hydroxylation is 1. The highest BCUT2D eigenvalue weighted by Gasteiger charge is 2.38. The van der Waals surface area contributed by atoms with Gasteiger partial charge in [0, 0.05) is 43.1 Å². The van der Waals surface area contributed by atoms with E-state index in [1.165, 1.54) is 0 Å². The van der Waals surface area contributed by atoms with E-state index in [-0.39, 0.29) is 17.9 Å². The summed E-state index contributed by atoms with van der Waals surface area (Å²) >= 11 is 1.63. The first-order valence-electron chi connectivity index (χ1n) is 11.1. The average Bonchev–Trinajstić information content (AvgIpc) is 3.34. The third-order valence-electron chi connectivity index (χ3n) is 6.43. The van der Waals surface area contributed by atoms with Crippen molar-refractivity contribution in [3.05, 3.63) is 58.3 Å². The summed E-state index contributed by atoms with van der Waals surface area (Å²) in [7, 11) is 1.67. The first-order chi connectivity index (χ1) is 15.2. The van der Waals surface area contributed by atoms with Crippen molar-refractivity contribution in [3.63, 3.8) is 0 Å². The predicted molar refractivity (Wildman–Crippen MR) is 124 cm³/mol. The van der Waals surface area contributed by atoms with Gasteiger partial charge < -0.3 is 14.5 Å². The van der Waals surface area contributed by atoms with E-state index in [1.54, 1.807) is 24.5 Å². The van der Waals surface area contributed by atoms with E-state index in [9.17, 15) is 9.59 Å². The van der Waals surface area contributed by atoms with E-state index in [2.05, 4.69) is 4.90 Å². The maximum atomic E-state index is 13.1. The van der Waals surface area contributed by atoms with Gasteiger partial charge in [0.15, 0.2) is 0 Å². The Morgan fingerprint density at radius 2 is 2.03 bits per heavy atom. The molecular formula is C25H30N2O3S. The molecule has 2 aliphatic rings. The van der Waals surface area contributed by atoms with E-state index in [4.69, 9.17) is 4.74 Å². The van der Waals surface area contributed by atoms with Crippen molar-refractivity contribution in [3.8, 4) is 5.75 Å². The summed E-state index contributed by atoms with van der Waals surface area (Å²) in [4.78, 5) is 30.9. The molecule has 0 N–H and O–H groups in total. The van der Waals surface area contributed by atoms with Gasteiger partial charge in [0.25, 0.3) is 0 Å². The van der Waals surface area contributed by atoms with Crippen LogP contribution in [0.4, 0.5) is 0 Å². The summed E-state index contributed by atoms with van der Waals surface area (Å²) in [5.74, 6) is 1.51. The highest BCUT2D eigenvalue weighted by atomic mass is 32.1. The van der Waals surface area contributed by atoms with Crippen LogP contribution in [0.15, 0.2) is 47.9 Å². The lowest BCUT2D eigenvalue weighted by molar-refractivity contribution is -0.140. The van der Waals surface area contributed by atoms with Crippen LogP contribution in [0.2, 0.25) is 0 Å². The molecule has 0 bridgehead atoms. The van der Waals surface area contributed by atoms with Crippen molar-refractivity contribution in [1.82, 2.24) is 9.80 Å². The van der Waals surface area contributed by atoms with Crippen LogP contribution in [-0.2, 0) is 16.0 Å². The van der Waals surface area contributed by atoms with Crippen molar-refractivity contribution in [2.45, 2.75) is 38.1 Å². The van der Waals surface area contributed by atoms with E-state index in [0.717, 1.165) is 48.5 Å². The molecule has 0 radical (unpaired) electrons. The van der Waals surface area contributed by atoms with Gasteiger partial charge in [-0.1, -0.05) is 24.3 Å². The second-order valence-corrected chi connectivity index (χ2v) is 9.27. The van der Waals surface area contributed by atoms with Gasteiger partial charge in [-0.15, -0.1) is 11.3 Å². The highest BCUT2D eigenvalue weighted by molar-refractivity contribution is 7.10. The van der Waals surface area contributed by atoms with E-state index >= 15 is 0 Å². The van der Waals surface area contributed by atoms with Gasteiger partial charge in [-0.3, -0.25) is 9.59 Å². The number of nitrogens with zero attached hydrogens (tertiary/aromatic N) is 2. The second kappa shape index (κ2) is 10.1. The Morgan fingerprint density at radius 3 is 2.84 bits per heavy atom. The first-order valence-corrected chi connectivity index (χ1v) is 12.0. The monoisotopic (exact) mass is 438 g/mol. The summed E-state index contributed by atoms with van der Waals surface area (Å²) in [6.45, 7) is 2.29. The third-order valence-corrected chi connectivity index (χ3v) is 7.27. The number of methoxy groups -OCH3 is 1. The molecule has 0 aliphatic carbocycles. The minimum Gasteiger partial charge on any atom is -0.496 e. The number of thiophene rings is 1. The first kappa shape index (κ1) is 21.6. The minimum absolute atomic E-state index is 0.0754. The number of rotatable bonds is 6. The van der Waals surface area contributed by atoms with Crippen LogP contribution in [0.25, 0.3) is 6.08 Å². The van der Waals surface area contributed by atoms with Crippen LogP contribution in [0.5, 0.6) is 5.75 Å². The number of hydrogen-bond acceptors (Lipinski definition) is 4. The Kier molecular flexibility index (Phi) is 7.07. The summed E-state index contributed by atoms with van der Waals surface area (Å²) in [6, 6.07) is 12.2. The molecule has 1 aromatic heterocycles. The standard InChI is InChI=1S/C25H30N2O3S/c1-30-23-9-3-2-6-19(23)10-12-25(29)27-15-4-7-20-18-26(16-14-22(20)27)24(28)13-11-21-8-5-17-31-21/h2-3,5-6,8-9,11,13,17,20,22H,4,7,10,12,14-16,18H2,1H3/b13-11+/t20-,22-/m1/s1. The zero-order valence-electron chi connectivity index (χ0n) is 18.0. The van der Waals surface area contributed by atoms with E-state index in [1.807, 2.05) is 52.8 Å². The molecule has 2 amide bonds. The molecule has 2 saturated heterocycles. The Balaban J connectivity index is 1.33. The quantitative estimate of drug-likeness (QED) is 0.634. The van der Waals surface area contributed by atoms with Gasteiger partial charge in [0.05, 0.1) is 7.11 Å². The predicted octanol–water partition coefficient (Wildman–Crippen LogP) is 4.24. The SMILES string of the molecule is COc1ccccc1CCC(=O)N1CCC[C@@H]2CN(C(=O)/C=C/c3cccs3)CC[C@H]21. The minimum atomic E-state index is 0.0754. The number of para-hydroxylation sites is 1. The number of piperidine rings is 2. The van der Waals surface area contributed by atoms with Crippen LogP contribution in [0.1, 0.15) is 36.1 Å². The molecule has 0 unspecified atom stereocenters. The molecule has 1 aromatic carbocycles. The van der Waals surface area contributed by atoms with Crippen LogP contribution < -0.4 is 4.74 Å². The molecule has 3 heterocycles. The number of carbonyl (C=O) groups excluding carboxylic acids is 2. The van der Waals surface area contributed by atoms with Crippen molar-refractivity contribution in [2.75, 3.05) is 26.7 Å². The van der Waals surface area contributed by atoms with E-state index in [0.29, 0.717) is 25.3 Å². The number of benzene rings is 1. The zero-order valence-corrected chi connectivity index (χ0v) is 18.9. The van der Waals surface area contributed by atoms with Gasteiger partial charge in [-0.05, 0) is 60.8 Å². The maximum Gasteiger partial charge on any atom is 0.246 e. The van der Waals surface area contributed by atoms with Crippen LogP contribution in [-0.4, -0.2) is 54.4 Å². The zero-order chi connectivity index (χ0) is 21.6. The molecule has 4 rings (SSSR count). The highest BCUT2D eigenvalue weighted by Crippen LogP contribution is 2.31. The molecule has 0 spiro atoms. The number of fused-ring (bicyclic) bond motifs is 1. The molecule has 6 heteroatoms. The Hall–Kier alpha value is -2.60. The summed E-state index contributed by atoms with van der Waals surface area (Å²) in [5.41, 5.74) is 1.07. The number of likely N-dealkylation sites (tertiary alicyclic amines) is 2. The molecular weight excluding hydrogens is 408 g/mol. The molecule has 2 aromatic rings. The smallest absolute Gasteiger partial charge is 0.246 e. The van der Waals surface area contributed by atoms with Gasteiger partial charge in [0.2, 0.25) is 11.8 Å². The molecule has 31 heavy (non-hydrogen) atoms. The van der Waals surface area contributed by atoms with Gasteiger partial charge in [0.1, 0.15) is 5.75 Å². The summed E-state index contributed by atoms with van der Waals surface area (Å²) in [6.07, 6.45) is 7.72. The van der Waals surface area contributed by atoms with Gasteiger partial charge in [-0.25, -0.2) is 0 Å². The van der Waals surface area contributed by atoms with Crippen LogP contribution in [0, 0.1) is 5.92 Å². The molecule has 2 fully saturated rings. The van der Waals surface area contributed by atoms with Crippen molar-refractivity contribution < 1.29 is 14.3 Å². The largest absolute Gasteiger partial charge is 0.496 e. The normalized spacial score (nSPS) is 21.2. The van der Waals surface area contributed by atoms with Crippen molar-refractivity contribution >= 4 is 29.2 Å². The number of amides is 2. The fourth-order valence-electron chi connectivity index (χ4n) is 4.85. The van der Waals surface area contributed by atoms with Gasteiger partial charge >= 0.3 is 0 Å². The van der Waals surface area contributed by atoms with E-state index < -0.39 is 0 Å². The molecule has 5 nitrogen and oxygen atoms in total. The Bertz CT molecular complexity index is 925. The number of ether oxygens (including phenoxy) is 1.